The Balaban J connectivity index is 1.53. The number of carbonyl (C=O) groups excluding carboxylic acids is 1. The summed E-state index contributed by atoms with van der Waals surface area (Å²) in [6.45, 7) is 0. The maximum absolute atomic E-state index is 12.4. The van der Waals surface area contributed by atoms with Crippen LogP contribution in [0, 0.1) is 0 Å². The quantitative estimate of drug-likeness (QED) is 0.286. The van der Waals surface area contributed by atoms with Gasteiger partial charge in [-0.25, -0.2) is 0 Å². The highest BCUT2D eigenvalue weighted by Gasteiger charge is 2.18. The van der Waals surface area contributed by atoms with Crippen LogP contribution in [0.4, 0.5) is 0 Å². The average molecular weight is 415 g/mol. The number of aliphatic hydroxyl groups excluding tert-OH is 1. The van der Waals surface area contributed by atoms with Crippen LogP contribution in [0.5, 0.6) is 0 Å². The van der Waals surface area contributed by atoms with Crippen molar-refractivity contribution in [2.24, 2.45) is 5.10 Å². The highest BCUT2D eigenvalue weighted by Crippen LogP contribution is 2.20. The number of carbonyl (C=O) groups is 1. The molecule has 1 atom stereocenters. The Kier molecular flexibility index (Phi) is 5.78. The molecule has 2 aromatic heterocycles. The number of benzene rings is 2. The number of aromatic nitrogens is 4. The Hall–Kier alpha value is -3.62. The number of aliphatic hydroxyl groups is 1. The van der Waals surface area contributed by atoms with E-state index in [-0.39, 0.29) is 5.78 Å². The van der Waals surface area contributed by atoms with Crippen LogP contribution in [0.25, 0.3) is 11.5 Å². The number of ketones is 1. The first-order valence-electron chi connectivity index (χ1n) is 9.11. The molecule has 4 aromatic rings. The van der Waals surface area contributed by atoms with Crippen molar-refractivity contribution in [2.75, 3.05) is 0 Å². The van der Waals surface area contributed by atoms with Gasteiger partial charge in [-0.15, -0.1) is 22.8 Å². The van der Waals surface area contributed by atoms with E-state index in [4.69, 9.17) is 0 Å². The van der Waals surface area contributed by atoms with E-state index in [2.05, 4.69) is 32.9 Å². The first-order valence-corrected chi connectivity index (χ1v) is 9.55. The van der Waals surface area contributed by atoms with Gasteiger partial charge in [0.05, 0.1) is 6.21 Å². The van der Waals surface area contributed by atoms with E-state index in [0.29, 0.717) is 27.8 Å². The molecule has 7 nitrogen and oxygen atoms in total. The maximum Gasteiger partial charge on any atom is 0.209 e. The zero-order chi connectivity index (χ0) is 20.9. The summed E-state index contributed by atoms with van der Waals surface area (Å²) < 4.78 is 1.48. The van der Waals surface area contributed by atoms with Gasteiger partial charge in [0.1, 0.15) is 11.8 Å². The first-order chi connectivity index (χ1) is 14.6. The molecule has 0 aliphatic rings. The van der Waals surface area contributed by atoms with E-state index in [9.17, 15) is 9.90 Å². The van der Waals surface area contributed by atoms with E-state index < -0.39 is 6.10 Å². The summed E-state index contributed by atoms with van der Waals surface area (Å²) in [4.78, 5) is 16.7. The van der Waals surface area contributed by atoms with Crippen molar-refractivity contribution in [3.8, 4) is 11.5 Å². The normalized spacial score (nSPS) is 12.2. The van der Waals surface area contributed by atoms with Crippen molar-refractivity contribution in [3.05, 3.63) is 95.7 Å². The molecule has 2 aromatic carbocycles. The Labute approximate surface area is 178 Å². The number of hydrogen-bond acceptors (Lipinski definition) is 7. The summed E-state index contributed by atoms with van der Waals surface area (Å²) in [5.41, 5.74) is 2.37. The molecule has 1 unspecified atom stereocenters. The van der Waals surface area contributed by atoms with Gasteiger partial charge in [-0.05, 0) is 23.3 Å². The van der Waals surface area contributed by atoms with Gasteiger partial charge in [0, 0.05) is 11.8 Å². The minimum Gasteiger partial charge on any atom is -0.380 e. The van der Waals surface area contributed by atoms with Gasteiger partial charge < -0.3 is 5.11 Å². The molecular weight excluding hydrogens is 398 g/mol. The van der Waals surface area contributed by atoms with E-state index in [0.717, 1.165) is 5.56 Å². The summed E-state index contributed by atoms with van der Waals surface area (Å²) in [5, 5.41) is 23.1. The molecule has 0 radical (unpaired) electrons. The third-order valence-electron chi connectivity index (χ3n) is 4.40. The van der Waals surface area contributed by atoms with Crippen LogP contribution in [-0.2, 0) is 0 Å². The SMILES string of the molecule is O=C(c1ccccc1)C(O)c1ccc(C=Nn2c(S)nnc2-c2ccccn2)cc1. The van der Waals surface area contributed by atoms with E-state index in [1.807, 2.05) is 24.3 Å². The van der Waals surface area contributed by atoms with Crippen molar-refractivity contribution in [1.82, 2.24) is 19.9 Å². The van der Waals surface area contributed by atoms with Gasteiger partial charge in [-0.3, -0.25) is 9.78 Å². The molecule has 8 heteroatoms. The fourth-order valence-corrected chi connectivity index (χ4v) is 3.02. The molecule has 0 saturated heterocycles. The second-order valence-electron chi connectivity index (χ2n) is 6.39. The summed E-state index contributed by atoms with van der Waals surface area (Å²) in [6, 6.07) is 21.1. The van der Waals surface area contributed by atoms with Gasteiger partial charge in [0.15, 0.2) is 5.78 Å². The topological polar surface area (TPSA) is 93.3 Å². The van der Waals surface area contributed by atoms with E-state index >= 15 is 0 Å². The number of rotatable bonds is 6. The smallest absolute Gasteiger partial charge is 0.209 e. The molecule has 30 heavy (non-hydrogen) atoms. The third kappa shape index (κ3) is 4.19. The highest BCUT2D eigenvalue weighted by atomic mass is 32.1. The minimum atomic E-state index is -1.23. The number of nitrogens with zero attached hydrogens (tertiary/aromatic N) is 5. The molecule has 148 valence electrons. The second kappa shape index (κ2) is 8.81. The largest absolute Gasteiger partial charge is 0.380 e. The lowest BCUT2D eigenvalue weighted by molar-refractivity contribution is 0.0747. The number of Topliss-reactive ketones (excluding diaryl/α,β-unsaturated/α-hetero) is 1. The monoisotopic (exact) mass is 415 g/mol. The molecule has 0 aliphatic carbocycles. The van der Waals surface area contributed by atoms with Crippen LogP contribution >= 0.6 is 12.6 Å². The third-order valence-corrected chi connectivity index (χ3v) is 4.68. The number of hydrogen-bond donors (Lipinski definition) is 2. The summed E-state index contributed by atoms with van der Waals surface area (Å²) in [5.74, 6) is 0.124. The van der Waals surface area contributed by atoms with Crippen LogP contribution in [-0.4, -0.2) is 37.0 Å². The van der Waals surface area contributed by atoms with Crippen molar-refractivity contribution in [3.63, 3.8) is 0 Å². The molecule has 2 heterocycles. The molecule has 0 spiro atoms. The maximum atomic E-state index is 12.4. The molecule has 0 amide bonds. The predicted molar refractivity (Wildman–Crippen MR) is 116 cm³/mol. The molecule has 1 N–H and O–H groups in total. The Morgan fingerprint density at radius 1 is 1.00 bits per heavy atom. The zero-order valence-electron chi connectivity index (χ0n) is 15.7. The Morgan fingerprint density at radius 2 is 1.73 bits per heavy atom. The molecule has 4 rings (SSSR count). The first kappa shape index (κ1) is 19.7. The van der Waals surface area contributed by atoms with Crippen LogP contribution in [0.15, 0.2) is 89.3 Å². The van der Waals surface area contributed by atoms with E-state index in [1.165, 1.54) is 4.68 Å². The lowest BCUT2D eigenvalue weighted by Gasteiger charge is -2.10. The lowest BCUT2D eigenvalue weighted by atomic mass is 9.99. The predicted octanol–water partition coefficient (Wildman–Crippen LogP) is 3.43. The molecule has 0 fully saturated rings. The lowest BCUT2D eigenvalue weighted by Crippen LogP contribution is -2.12. The van der Waals surface area contributed by atoms with Crippen LogP contribution in [0.3, 0.4) is 0 Å². The van der Waals surface area contributed by atoms with Gasteiger partial charge in [0.25, 0.3) is 0 Å². The molecular formula is C22H17N5O2S. The van der Waals surface area contributed by atoms with Gasteiger partial charge in [-0.2, -0.15) is 9.78 Å². The van der Waals surface area contributed by atoms with Crippen molar-refractivity contribution >= 4 is 24.6 Å². The molecule has 0 saturated carbocycles. The molecule has 0 bridgehead atoms. The number of thiol groups is 1. The van der Waals surface area contributed by atoms with Crippen LogP contribution in [0.2, 0.25) is 0 Å². The highest BCUT2D eigenvalue weighted by molar-refractivity contribution is 7.80. The summed E-state index contributed by atoms with van der Waals surface area (Å²) in [7, 11) is 0. The van der Waals surface area contributed by atoms with Crippen molar-refractivity contribution in [2.45, 2.75) is 11.3 Å². The van der Waals surface area contributed by atoms with Crippen LogP contribution in [0.1, 0.15) is 27.6 Å². The fraction of sp³-hybridized carbons (Fsp3) is 0.0455. The summed E-state index contributed by atoms with van der Waals surface area (Å²) in [6.07, 6.45) is 2.05. The number of pyridine rings is 1. The standard InChI is InChI=1S/C22H17N5O2S/c28-19(16-6-2-1-3-7-16)20(29)17-11-9-15(10-12-17)14-24-27-21(25-26-22(27)30)18-8-4-5-13-23-18/h1-14,20,29H,(H,26,30). The minimum absolute atomic E-state index is 0.326. The second-order valence-corrected chi connectivity index (χ2v) is 6.79. The van der Waals surface area contributed by atoms with Gasteiger partial charge in [-0.1, -0.05) is 60.7 Å². The zero-order valence-corrected chi connectivity index (χ0v) is 16.6. The average Bonchev–Trinajstić information content (AvgIpc) is 3.18. The molecule has 0 aliphatic heterocycles. The Bertz CT molecular complexity index is 1180. The fourth-order valence-electron chi connectivity index (χ4n) is 2.83. The van der Waals surface area contributed by atoms with Crippen molar-refractivity contribution < 1.29 is 9.90 Å². The Morgan fingerprint density at radius 3 is 2.43 bits per heavy atom. The van der Waals surface area contributed by atoms with E-state index in [1.54, 1.807) is 60.9 Å². The van der Waals surface area contributed by atoms with Crippen molar-refractivity contribution in [1.29, 1.82) is 0 Å². The van der Waals surface area contributed by atoms with Gasteiger partial charge in [0.2, 0.25) is 11.0 Å². The summed E-state index contributed by atoms with van der Waals surface area (Å²) >= 11 is 4.29. The van der Waals surface area contributed by atoms with Crippen LogP contribution < -0.4 is 0 Å². The van der Waals surface area contributed by atoms with Gasteiger partial charge >= 0.3 is 0 Å².